The topological polar surface area (TPSA) is 24.1 Å². The molecule has 1 heterocycles. The fourth-order valence-electron chi connectivity index (χ4n) is 1.66. The van der Waals surface area contributed by atoms with Crippen molar-refractivity contribution in [3.8, 4) is 0 Å². The molecule has 0 amide bonds. The van der Waals surface area contributed by atoms with Crippen molar-refractivity contribution in [3.63, 3.8) is 0 Å². The number of piperidine rings is 1. The van der Waals surface area contributed by atoms with Crippen molar-refractivity contribution in [2.75, 3.05) is 20.1 Å². The van der Waals surface area contributed by atoms with E-state index in [1.165, 1.54) is 25.8 Å². The molecule has 2 N–H and O–H groups in total. The second-order valence-corrected chi connectivity index (χ2v) is 3.16. The molecule has 1 atom stereocenters. The van der Waals surface area contributed by atoms with Gasteiger partial charge in [0.2, 0.25) is 0 Å². The highest BCUT2D eigenvalue weighted by Gasteiger charge is 2.27. The summed E-state index contributed by atoms with van der Waals surface area (Å²) in [6, 6.07) is 0. The summed E-state index contributed by atoms with van der Waals surface area (Å²) >= 11 is 0. The molecule has 0 spiro atoms. The molecular weight excluding hydrogens is 124 g/mol. The van der Waals surface area contributed by atoms with Gasteiger partial charge in [-0.2, -0.15) is 0 Å². The monoisotopic (exact) mass is 142 g/mol. The van der Waals surface area contributed by atoms with Gasteiger partial charge in [-0.25, -0.2) is 0 Å². The number of likely N-dealkylation sites (N-methyl/N-ethyl adjacent to an activating group) is 1. The maximum Gasteiger partial charge on any atom is 0.0301 e. The summed E-state index contributed by atoms with van der Waals surface area (Å²) in [6.07, 6.45) is 3.87. The highest BCUT2D eigenvalue weighted by Crippen LogP contribution is 2.18. The quantitative estimate of drug-likeness (QED) is 0.594. The molecule has 1 rings (SSSR count). The molecule has 1 unspecified atom stereocenters. The number of nitrogens with one attached hydrogen (secondary N) is 2. The summed E-state index contributed by atoms with van der Waals surface area (Å²) in [5.74, 6) is 0. The maximum absolute atomic E-state index is 3.42. The highest BCUT2D eigenvalue weighted by atomic mass is 15.0. The lowest BCUT2D eigenvalue weighted by Crippen LogP contribution is -2.53. The minimum absolute atomic E-state index is 0.401. The van der Waals surface area contributed by atoms with E-state index in [4.69, 9.17) is 0 Å². The standard InChI is InChI=1S/C8H18N2/c1-3-8(9-2)5-4-6-10-7-8/h9-10H,3-7H2,1-2H3. The van der Waals surface area contributed by atoms with E-state index < -0.39 is 0 Å². The SMILES string of the molecule is CCC1(NC)CCCNC1. The van der Waals surface area contributed by atoms with Crippen molar-refractivity contribution in [1.29, 1.82) is 0 Å². The van der Waals surface area contributed by atoms with Crippen molar-refractivity contribution in [2.24, 2.45) is 0 Å². The second kappa shape index (κ2) is 3.35. The summed E-state index contributed by atoms with van der Waals surface area (Å²) in [6.45, 7) is 4.59. The average Bonchev–Trinajstić information content (AvgIpc) is 2.06. The van der Waals surface area contributed by atoms with Gasteiger partial charge in [-0.1, -0.05) is 6.92 Å². The third-order valence-electron chi connectivity index (χ3n) is 2.68. The lowest BCUT2D eigenvalue weighted by atomic mass is 9.88. The van der Waals surface area contributed by atoms with Crippen molar-refractivity contribution in [2.45, 2.75) is 31.7 Å². The first-order chi connectivity index (χ1) is 4.83. The lowest BCUT2D eigenvalue weighted by Gasteiger charge is -2.36. The van der Waals surface area contributed by atoms with Crippen molar-refractivity contribution in [1.82, 2.24) is 10.6 Å². The highest BCUT2D eigenvalue weighted by molar-refractivity contribution is 4.90. The van der Waals surface area contributed by atoms with E-state index in [0.717, 1.165) is 6.54 Å². The normalized spacial score (nSPS) is 34.2. The molecule has 1 saturated heterocycles. The smallest absolute Gasteiger partial charge is 0.0301 e. The molecule has 2 heteroatoms. The number of hydrogen-bond acceptors (Lipinski definition) is 2. The third-order valence-corrected chi connectivity index (χ3v) is 2.68. The fourth-order valence-corrected chi connectivity index (χ4v) is 1.66. The van der Waals surface area contributed by atoms with E-state index in [-0.39, 0.29) is 0 Å². The molecule has 1 fully saturated rings. The van der Waals surface area contributed by atoms with Crippen LogP contribution in [-0.2, 0) is 0 Å². The predicted molar refractivity (Wildman–Crippen MR) is 44.2 cm³/mol. The maximum atomic E-state index is 3.42. The van der Waals surface area contributed by atoms with Crippen molar-refractivity contribution < 1.29 is 0 Å². The molecule has 0 aliphatic carbocycles. The Hall–Kier alpha value is -0.0800. The molecule has 60 valence electrons. The first-order valence-corrected chi connectivity index (χ1v) is 4.22. The minimum Gasteiger partial charge on any atom is -0.315 e. The molecule has 2 nitrogen and oxygen atoms in total. The third kappa shape index (κ3) is 1.50. The van der Waals surface area contributed by atoms with Gasteiger partial charge >= 0.3 is 0 Å². The Bertz CT molecular complexity index is 89.4. The molecule has 0 aromatic heterocycles. The molecule has 1 aliphatic rings. The Morgan fingerprint density at radius 2 is 2.40 bits per heavy atom. The summed E-state index contributed by atoms with van der Waals surface area (Å²) in [5, 5.41) is 6.82. The molecule has 0 aromatic carbocycles. The van der Waals surface area contributed by atoms with Crippen LogP contribution in [0.5, 0.6) is 0 Å². The van der Waals surface area contributed by atoms with Crippen LogP contribution in [0.1, 0.15) is 26.2 Å². The van der Waals surface area contributed by atoms with Gasteiger partial charge in [0.15, 0.2) is 0 Å². The Kier molecular flexibility index (Phi) is 2.69. The Morgan fingerprint density at radius 3 is 2.70 bits per heavy atom. The zero-order valence-corrected chi connectivity index (χ0v) is 7.04. The van der Waals surface area contributed by atoms with Gasteiger partial charge < -0.3 is 10.6 Å². The van der Waals surface area contributed by atoms with Crippen LogP contribution >= 0.6 is 0 Å². The van der Waals surface area contributed by atoms with Crippen LogP contribution in [0.25, 0.3) is 0 Å². The van der Waals surface area contributed by atoms with Crippen LogP contribution in [0.3, 0.4) is 0 Å². The Balaban J connectivity index is 2.44. The van der Waals surface area contributed by atoms with Crippen molar-refractivity contribution in [3.05, 3.63) is 0 Å². The number of hydrogen-bond donors (Lipinski definition) is 2. The minimum atomic E-state index is 0.401. The summed E-state index contributed by atoms with van der Waals surface area (Å²) in [4.78, 5) is 0. The average molecular weight is 142 g/mol. The predicted octanol–water partition coefficient (Wildman–Crippen LogP) is 0.738. The summed E-state index contributed by atoms with van der Waals surface area (Å²) < 4.78 is 0. The van der Waals surface area contributed by atoms with E-state index in [9.17, 15) is 0 Å². The first kappa shape index (κ1) is 8.02. The van der Waals surface area contributed by atoms with E-state index >= 15 is 0 Å². The van der Waals surface area contributed by atoms with Crippen LogP contribution in [-0.4, -0.2) is 25.7 Å². The van der Waals surface area contributed by atoms with Gasteiger partial charge in [0, 0.05) is 12.1 Å². The summed E-state index contributed by atoms with van der Waals surface area (Å²) in [5.41, 5.74) is 0.401. The van der Waals surface area contributed by atoms with Crippen LogP contribution < -0.4 is 10.6 Å². The summed E-state index contributed by atoms with van der Waals surface area (Å²) in [7, 11) is 2.07. The largest absolute Gasteiger partial charge is 0.315 e. The zero-order chi connectivity index (χ0) is 7.45. The zero-order valence-electron chi connectivity index (χ0n) is 7.04. The van der Waals surface area contributed by atoms with Crippen LogP contribution in [0.4, 0.5) is 0 Å². The molecule has 0 aromatic rings. The van der Waals surface area contributed by atoms with Gasteiger partial charge in [-0.05, 0) is 32.9 Å². The molecule has 0 bridgehead atoms. The van der Waals surface area contributed by atoms with Gasteiger partial charge in [-0.3, -0.25) is 0 Å². The van der Waals surface area contributed by atoms with E-state index in [1.807, 2.05) is 0 Å². The van der Waals surface area contributed by atoms with Crippen LogP contribution in [0, 0.1) is 0 Å². The van der Waals surface area contributed by atoms with Gasteiger partial charge in [0.05, 0.1) is 0 Å². The molecular formula is C8H18N2. The number of rotatable bonds is 2. The van der Waals surface area contributed by atoms with Crippen molar-refractivity contribution >= 4 is 0 Å². The molecule has 0 saturated carbocycles. The van der Waals surface area contributed by atoms with E-state index in [1.54, 1.807) is 0 Å². The molecule has 1 aliphatic heterocycles. The first-order valence-electron chi connectivity index (χ1n) is 4.22. The van der Waals surface area contributed by atoms with Crippen LogP contribution in [0.15, 0.2) is 0 Å². The molecule has 10 heavy (non-hydrogen) atoms. The molecule has 0 radical (unpaired) electrons. The second-order valence-electron chi connectivity index (χ2n) is 3.16. The van der Waals surface area contributed by atoms with Gasteiger partial charge in [-0.15, -0.1) is 0 Å². The van der Waals surface area contributed by atoms with Crippen LogP contribution in [0.2, 0.25) is 0 Å². The lowest BCUT2D eigenvalue weighted by molar-refractivity contribution is 0.256. The van der Waals surface area contributed by atoms with Gasteiger partial charge in [0.1, 0.15) is 0 Å². The fraction of sp³-hybridized carbons (Fsp3) is 1.00. The Labute approximate surface area is 63.4 Å². The Morgan fingerprint density at radius 1 is 1.60 bits per heavy atom. The van der Waals surface area contributed by atoms with E-state index in [0.29, 0.717) is 5.54 Å². The van der Waals surface area contributed by atoms with E-state index in [2.05, 4.69) is 24.6 Å². The van der Waals surface area contributed by atoms with Gasteiger partial charge in [0.25, 0.3) is 0 Å².